The Hall–Kier alpha value is -1.62. The van der Waals surface area contributed by atoms with Crippen molar-refractivity contribution in [3.05, 3.63) is 29.0 Å². The van der Waals surface area contributed by atoms with Crippen LogP contribution in [0.2, 0.25) is 5.15 Å². The van der Waals surface area contributed by atoms with Gasteiger partial charge < -0.3 is 10.2 Å². The fraction of sp³-hybridized carbons (Fsp3) is 0.462. The van der Waals surface area contributed by atoms with Crippen molar-refractivity contribution in [1.29, 1.82) is 0 Å². The highest BCUT2D eigenvalue weighted by Gasteiger charge is 2.24. The van der Waals surface area contributed by atoms with Gasteiger partial charge in [0.25, 0.3) is 5.91 Å². The van der Waals surface area contributed by atoms with Crippen LogP contribution in [0.5, 0.6) is 0 Å². The number of pyridine rings is 1. The summed E-state index contributed by atoms with van der Waals surface area (Å²) in [5.74, 6) is -0.133. The first-order valence-electron chi connectivity index (χ1n) is 6.24. The van der Waals surface area contributed by atoms with E-state index in [1.54, 1.807) is 17.0 Å². The lowest BCUT2D eigenvalue weighted by molar-refractivity contribution is -0.120. The van der Waals surface area contributed by atoms with Crippen molar-refractivity contribution in [2.75, 3.05) is 13.1 Å². The molecule has 6 heteroatoms. The van der Waals surface area contributed by atoms with Crippen molar-refractivity contribution in [3.8, 4) is 0 Å². The van der Waals surface area contributed by atoms with Crippen molar-refractivity contribution < 1.29 is 9.59 Å². The van der Waals surface area contributed by atoms with Gasteiger partial charge in [-0.1, -0.05) is 11.6 Å². The molecule has 1 aromatic heterocycles. The van der Waals surface area contributed by atoms with Crippen molar-refractivity contribution in [2.45, 2.75) is 25.8 Å². The van der Waals surface area contributed by atoms with Gasteiger partial charge >= 0.3 is 0 Å². The van der Waals surface area contributed by atoms with Gasteiger partial charge in [0.05, 0.1) is 5.56 Å². The predicted octanol–water partition coefficient (Wildman–Crippen LogP) is 1.48. The van der Waals surface area contributed by atoms with Crippen LogP contribution in [0.1, 0.15) is 30.1 Å². The van der Waals surface area contributed by atoms with Gasteiger partial charge in [-0.2, -0.15) is 0 Å². The van der Waals surface area contributed by atoms with Crippen LogP contribution < -0.4 is 5.32 Å². The quantitative estimate of drug-likeness (QED) is 0.835. The molecule has 1 saturated heterocycles. The molecule has 1 N–H and O–H groups in total. The van der Waals surface area contributed by atoms with Crippen LogP contribution in [0.4, 0.5) is 0 Å². The van der Waals surface area contributed by atoms with E-state index in [9.17, 15) is 9.59 Å². The van der Waals surface area contributed by atoms with E-state index in [0.29, 0.717) is 23.8 Å². The third kappa shape index (κ3) is 3.67. The van der Waals surface area contributed by atoms with Crippen molar-refractivity contribution in [2.24, 2.45) is 0 Å². The van der Waals surface area contributed by atoms with Crippen LogP contribution in [0.15, 0.2) is 18.3 Å². The maximum atomic E-state index is 12.3. The molecule has 2 heterocycles. The summed E-state index contributed by atoms with van der Waals surface area (Å²) in [5, 5.41) is 3.22. The maximum Gasteiger partial charge on any atom is 0.255 e. The zero-order chi connectivity index (χ0) is 13.8. The van der Waals surface area contributed by atoms with E-state index < -0.39 is 0 Å². The van der Waals surface area contributed by atoms with E-state index in [-0.39, 0.29) is 17.9 Å². The molecule has 0 bridgehead atoms. The third-order valence-electron chi connectivity index (χ3n) is 3.09. The van der Waals surface area contributed by atoms with E-state index in [1.165, 1.54) is 13.1 Å². The monoisotopic (exact) mass is 281 g/mol. The molecule has 0 aromatic carbocycles. The summed E-state index contributed by atoms with van der Waals surface area (Å²) in [6.07, 6.45) is 3.27. The van der Waals surface area contributed by atoms with E-state index in [1.807, 2.05) is 0 Å². The summed E-state index contributed by atoms with van der Waals surface area (Å²) in [6.45, 7) is 2.74. The first kappa shape index (κ1) is 13.8. The maximum absolute atomic E-state index is 12.3. The highest BCUT2D eigenvalue weighted by molar-refractivity contribution is 6.29. The molecule has 1 unspecified atom stereocenters. The number of carbonyl (C=O) groups excluding carboxylic acids is 2. The lowest BCUT2D eigenvalue weighted by Gasteiger charge is -2.33. The normalized spacial score (nSPS) is 19.1. The molecule has 5 nitrogen and oxygen atoms in total. The Kier molecular flexibility index (Phi) is 4.37. The second kappa shape index (κ2) is 6.02. The molecule has 0 spiro atoms. The molecule has 0 saturated carbocycles. The first-order valence-corrected chi connectivity index (χ1v) is 6.62. The Morgan fingerprint density at radius 3 is 2.89 bits per heavy atom. The minimum Gasteiger partial charge on any atom is -0.352 e. The number of hydrogen-bond donors (Lipinski definition) is 1. The Labute approximate surface area is 117 Å². The fourth-order valence-corrected chi connectivity index (χ4v) is 2.36. The molecule has 1 aliphatic heterocycles. The summed E-state index contributed by atoms with van der Waals surface area (Å²) in [7, 11) is 0. The van der Waals surface area contributed by atoms with E-state index in [0.717, 1.165) is 12.8 Å². The molecule has 102 valence electrons. The molecule has 0 aliphatic carbocycles. The number of aromatic nitrogens is 1. The highest BCUT2D eigenvalue weighted by Crippen LogP contribution is 2.14. The zero-order valence-corrected chi connectivity index (χ0v) is 11.5. The lowest BCUT2D eigenvalue weighted by atomic mass is 10.0. The van der Waals surface area contributed by atoms with Gasteiger partial charge in [0.15, 0.2) is 0 Å². The molecular formula is C13H16ClN3O2. The molecular weight excluding hydrogens is 266 g/mol. The van der Waals surface area contributed by atoms with E-state index >= 15 is 0 Å². The van der Waals surface area contributed by atoms with Crippen LogP contribution >= 0.6 is 11.6 Å². The number of halogens is 1. The fourth-order valence-electron chi connectivity index (χ4n) is 2.25. The second-order valence-corrected chi connectivity index (χ2v) is 5.05. The minimum atomic E-state index is -0.0702. The van der Waals surface area contributed by atoms with Gasteiger partial charge in [-0.05, 0) is 25.0 Å². The Morgan fingerprint density at radius 1 is 1.47 bits per heavy atom. The average Bonchev–Trinajstić information content (AvgIpc) is 2.38. The number of rotatable bonds is 2. The topological polar surface area (TPSA) is 62.3 Å². The van der Waals surface area contributed by atoms with Gasteiger partial charge in [0.1, 0.15) is 5.15 Å². The number of piperidine rings is 1. The van der Waals surface area contributed by atoms with E-state index in [4.69, 9.17) is 11.6 Å². The number of hydrogen-bond acceptors (Lipinski definition) is 3. The van der Waals surface area contributed by atoms with Gasteiger partial charge in [-0.25, -0.2) is 4.98 Å². The van der Waals surface area contributed by atoms with Crippen LogP contribution in [0.3, 0.4) is 0 Å². The minimum absolute atomic E-state index is 0.0375. The van der Waals surface area contributed by atoms with Crippen molar-refractivity contribution in [3.63, 3.8) is 0 Å². The van der Waals surface area contributed by atoms with E-state index in [2.05, 4.69) is 10.3 Å². The standard InChI is InChI=1S/C13H16ClN3O2/c1-9(18)16-11-3-2-6-17(8-11)13(19)10-4-5-12(14)15-7-10/h4-5,7,11H,2-3,6,8H2,1H3,(H,16,18). The molecule has 2 amide bonds. The van der Waals surface area contributed by atoms with Crippen LogP contribution in [0.25, 0.3) is 0 Å². The summed E-state index contributed by atoms with van der Waals surface area (Å²) in [4.78, 5) is 29.0. The number of amides is 2. The molecule has 1 aromatic rings. The average molecular weight is 282 g/mol. The lowest BCUT2D eigenvalue weighted by Crippen LogP contribution is -2.49. The van der Waals surface area contributed by atoms with Gasteiger partial charge in [-0.3, -0.25) is 9.59 Å². The summed E-state index contributed by atoms with van der Waals surface area (Å²) in [6, 6.07) is 3.31. The largest absolute Gasteiger partial charge is 0.352 e. The summed E-state index contributed by atoms with van der Waals surface area (Å²) >= 11 is 5.70. The molecule has 19 heavy (non-hydrogen) atoms. The Morgan fingerprint density at radius 2 is 2.26 bits per heavy atom. The number of carbonyl (C=O) groups is 2. The molecule has 2 rings (SSSR count). The van der Waals surface area contributed by atoms with Crippen molar-refractivity contribution in [1.82, 2.24) is 15.2 Å². The second-order valence-electron chi connectivity index (χ2n) is 4.66. The zero-order valence-electron chi connectivity index (χ0n) is 10.7. The number of nitrogens with zero attached hydrogens (tertiary/aromatic N) is 2. The van der Waals surface area contributed by atoms with Crippen molar-refractivity contribution >= 4 is 23.4 Å². The van der Waals surface area contributed by atoms with Gasteiger partial charge in [0, 0.05) is 32.3 Å². The Bertz CT molecular complexity index is 475. The molecule has 1 atom stereocenters. The SMILES string of the molecule is CC(=O)NC1CCCN(C(=O)c2ccc(Cl)nc2)C1. The predicted molar refractivity (Wildman–Crippen MR) is 72.0 cm³/mol. The summed E-state index contributed by atoms with van der Waals surface area (Å²) in [5.41, 5.74) is 0.521. The molecule has 1 aliphatic rings. The molecule has 1 fully saturated rings. The number of likely N-dealkylation sites (tertiary alicyclic amines) is 1. The van der Waals surface area contributed by atoms with Gasteiger partial charge in [-0.15, -0.1) is 0 Å². The van der Waals surface area contributed by atoms with Gasteiger partial charge in [0.2, 0.25) is 5.91 Å². The smallest absolute Gasteiger partial charge is 0.255 e. The molecule has 0 radical (unpaired) electrons. The first-order chi connectivity index (χ1) is 9.06. The Balaban J connectivity index is 2.02. The third-order valence-corrected chi connectivity index (χ3v) is 3.31. The van der Waals surface area contributed by atoms with Crippen LogP contribution in [0, 0.1) is 0 Å². The van der Waals surface area contributed by atoms with Crippen LogP contribution in [-0.4, -0.2) is 40.8 Å². The number of nitrogens with one attached hydrogen (secondary N) is 1. The van der Waals surface area contributed by atoms with Crippen LogP contribution in [-0.2, 0) is 4.79 Å². The summed E-state index contributed by atoms with van der Waals surface area (Å²) < 4.78 is 0. The highest BCUT2D eigenvalue weighted by atomic mass is 35.5.